The molecule has 0 heterocycles. The molecule has 0 rings (SSSR count). The predicted octanol–water partition coefficient (Wildman–Crippen LogP) is -0.229. The van der Waals surface area contributed by atoms with Crippen LogP contribution in [0.1, 0.15) is 6.42 Å². The molecule has 0 bridgehead atoms. The van der Waals surface area contributed by atoms with Gasteiger partial charge in [0, 0.05) is 0 Å². The van der Waals surface area contributed by atoms with E-state index in [1.807, 2.05) is 6.26 Å². The maximum atomic E-state index is 10.1. The molecule has 0 saturated carbocycles. The van der Waals surface area contributed by atoms with Crippen molar-refractivity contribution in [3.8, 4) is 0 Å². The quantitative estimate of drug-likeness (QED) is 0.600. The first-order valence-electron chi connectivity index (χ1n) is 2.65. The molecule has 0 amide bonds. The van der Waals surface area contributed by atoms with Crippen LogP contribution in [-0.2, 0) is 4.79 Å². The number of hydrogen-bond donors (Lipinski definition) is 2. The molecule has 0 saturated heterocycles. The summed E-state index contributed by atoms with van der Waals surface area (Å²) >= 11 is 1.60. The number of carbonyl (C=O) groups is 1. The van der Waals surface area contributed by atoms with Crippen LogP contribution in [0.3, 0.4) is 0 Å². The molecule has 3 nitrogen and oxygen atoms in total. The number of aliphatic carboxylic acids is 1. The SMILES string of the molecule is CSCCC(N)C(=O)O.[Ca+2]. The first-order valence-corrected chi connectivity index (χ1v) is 4.05. The number of carboxylic acids is 1. The third kappa shape index (κ3) is 7.15. The van der Waals surface area contributed by atoms with E-state index < -0.39 is 12.0 Å². The van der Waals surface area contributed by atoms with E-state index in [4.69, 9.17) is 10.8 Å². The molecule has 0 aromatic heterocycles. The van der Waals surface area contributed by atoms with Gasteiger partial charge in [0.15, 0.2) is 0 Å². The fourth-order valence-electron chi connectivity index (χ4n) is 0.368. The topological polar surface area (TPSA) is 63.3 Å². The predicted molar refractivity (Wildman–Crippen MR) is 44.4 cm³/mol. The van der Waals surface area contributed by atoms with Gasteiger partial charge in [-0.15, -0.1) is 0 Å². The Hall–Kier alpha value is 1.04. The van der Waals surface area contributed by atoms with Crippen LogP contribution in [-0.4, -0.2) is 66.9 Å². The van der Waals surface area contributed by atoms with Crippen molar-refractivity contribution in [1.82, 2.24) is 0 Å². The van der Waals surface area contributed by atoms with Crippen molar-refractivity contribution in [3.63, 3.8) is 0 Å². The van der Waals surface area contributed by atoms with E-state index in [9.17, 15) is 4.79 Å². The van der Waals surface area contributed by atoms with Crippen LogP contribution in [0.25, 0.3) is 0 Å². The Morgan fingerprint density at radius 1 is 1.80 bits per heavy atom. The normalized spacial score (nSPS) is 11.8. The molecule has 0 aliphatic heterocycles. The third-order valence-corrected chi connectivity index (χ3v) is 1.59. The van der Waals surface area contributed by atoms with Gasteiger partial charge in [0.25, 0.3) is 0 Å². The van der Waals surface area contributed by atoms with Gasteiger partial charge < -0.3 is 10.8 Å². The first kappa shape index (κ1) is 13.6. The van der Waals surface area contributed by atoms with Crippen LogP contribution >= 0.6 is 11.8 Å². The van der Waals surface area contributed by atoms with Crippen molar-refractivity contribution in [1.29, 1.82) is 0 Å². The average molecular weight is 189 g/mol. The molecule has 10 heavy (non-hydrogen) atoms. The number of nitrogens with two attached hydrogens (primary N) is 1. The second-order valence-corrected chi connectivity index (χ2v) is 2.71. The van der Waals surface area contributed by atoms with Gasteiger partial charge in [0.1, 0.15) is 6.04 Å². The minimum atomic E-state index is -0.913. The van der Waals surface area contributed by atoms with Gasteiger partial charge in [-0.1, -0.05) is 0 Å². The van der Waals surface area contributed by atoms with Crippen LogP contribution < -0.4 is 5.73 Å². The van der Waals surface area contributed by atoms with Gasteiger partial charge in [-0.05, 0) is 18.4 Å². The van der Waals surface area contributed by atoms with Crippen molar-refractivity contribution >= 4 is 55.5 Å². The van der Waals surface area contributed by atoms with Crippen molar-refractivity contribution in [2.75, 3.05) is 12.0 Å². The second kappa shape index (κ2) is 8.14. The van der Waals surface area contributed by atoms with Gasteiger partial charge in [-0.25, -0.2) is 0 Å². The average Bonchev–Trinajstić information content (AvgIpc) is 1.82. The van der Waals surface area contributed by atoms with Gasteiger partial charge >= 0.3 is 43.7 Å². The van der Waals surface area contributed by atoms with E-state index in [-0.39, 0.29) is 37.7 Å². The monoisotopic (exact) mass is 189 g/mol. The van der Waals surface area contributed by atoms with E-state index in [2.05, 4.69) is 0 Å². The largest absolute Gasteiger partial charge is 2.00 e. The second-order valence-electron chi connectivity index (χ2n) is 1.73. The smallest absolute Gasteiger partial charge is 0.480 e. The zero-order valence-corrected chi connectivity index (χ0v) is 9.06. The summed E-state index contributed by atoms with van der Waals surface area (Å²) in [5, 5.41) is 8.27. The van der Waals surface area contributed by atoms with E-state index in [0.717, 1.165) is 5.75 Å². The van der Waals surface area contributed by atoms with E-state index >= 15 is 0 Å². The number of carboxylic acid groups (broad SMARTS) is 1. The van der Waals surface area contributed by atoms with Crippen LogP contribution in [0.2, 0.25) is 0 Å². The van der Waals surface area contributed by atoms with Crippen LogP contribution in [0.4, 0.5) is 0 Å². The fourth-order valence-corrected chi connectivity index (χ4v) is 0.858. The Balaban J connectivity index is 0. The Labute approximate surface area is 94.7 Å². The Morgan fingerprint density at radius 3 is 2.60 bits per heavy atom. The zero-order valence-electron chi connectivity index (χ0n) is 6.04. The molecular weight excluding hydrogens is 178 g/mol. The number of hydrogen-bond acceptors (Lipinski definition) is 3. The van der Waals surface area contributed by atoms with Gasteiger partial charge in [-0.3, -0.25) is 4.79 Å². The van der Waals surface area contributed by atoms with Gasteiger partial charge in [0.2, 0.25) is 0 Å². The summed E-state index contributed by atoms with van der Waals surface area (Å²) in [6, 6.07) is -0.683. The number of rotatable bonds is 4. The van der Waals surface area contributed by atoms with Crippen LogP contribution in [0.5, 0.6) is 0 Å². The molecule has 0 radical (unpaired) electrons. The number of thioether (sulfide) groups is 1. The zero-order chi connectivity index (χ0) is 7.28. The van der Waals surface area contributed by atoms with E-state index in [0.29, 0.717) is 6.42 Å². The van der Waals surface area contributed by atoms with E-state index in [1.54, 1.807) is 11.8 Å². The molecule has 0 aliphatic carbocycles. The van der Waals surface area contributed by atoms with Crippen molar-refractivity contribution in [2.24, 2.45) is 5.73 Å². The minimum absolute atomic E-state index is 0. The summed E-state index contributed by atoms with van der Waals surface area (Å²) in [5.41, 5.74) is 5.19. The van der Waals surface area contributed by atoms with Crippen molar-refractivity contribution in [2.45, 2.75) is 12.5 Å². The van der Waals surface area contributed by atoms with Gasteiger partial charge in [-0.2, -0.15) is 11.8 Å². The standard InChI is InChI=1S/C5H11NO2S.Ca/c1-9-3-2-4(6)5(7)8;/h4H,2-3,6H2,1H3,(H,7,8);/q;+2. The molecule has 54 valence electrons. The molecule has 0 aliphatic rings. The molecular formula is C5H11CaNO2S+2. The van der Waals surface area contributed by atoms with Crippen LogP contribution in [0, 0.1) is 0 Å². The Kier molecular flexibility index (Phi) is 11.1. The van der Waals surface area contributed by atoms with Crippen molar-refractivity contribution in [3.05, 3.63) is 0 Å². The molecule has 0 aromatic carbocycles. The Morgan fingerprint density at radius 2 is 2.30 bits per heavy atom. The van der Waals surface area contributed by atoms with E-state index in [1.165, 1.54) is 0 Å². The van der Waals surface area contributed by atoms with Gasteiger partial charge in [0.05, 0.1) is 0 Å². The molecule has 0 aromatic rings. The summed E-state index contributed by atoms with van der Waals surface area (Å²) in [4.78, 5) is 10.1. The summed E-state index contributed by atoms with van der Waals surface area (Å²) in [6.45, 7) is 0. The Bertz CT molecular complexity index is 102. The van der Waals surface area contributed by atoms with Crippen LogP contribution in [0.15, 0.2) is 0 Å². The fraction of sp³-hybridized carbons (Fsp3) is 0.800. The molecule has 0 fully saturated rings. The molecule has 3 N–H and O–H groups in total. The first-order chi connectivity index (χ1) is 4.18. The molecule has 1 unspecified atom stereocenters. The molecule has 0 spiro atoms. The maximum Gasteiger partial charge on any atom is 2.00 e. The molecule has 1 atom stereocenters. The third-order valence-electron chi connectivity index (χ3n) is 0.950. The maximum absolute atomic E-state index is 10.1. The summed E-state index contributed by atoms with van der Waals surface area (Å²) in [5.74, 6) is -0.1000. The summed E-state index contributed by atoms with van der Waals surface area (Å²) < 4.78 is 0. The summed E-state index contributed by atoms with van der Waals surface area (Å²) in [7, 11) is 0. The summed E-state index contributed by atoms with van der Waals surface area (Å²) in [6.07, 6.45) is 2.48. The minimum Gasteiger partial charge on any atom is -0.480 e. The van der Waals surface area contributed by atoms with Crippen molar-refractivity contribution < 1.29 is 9.90 Å². The molecule has 5 heteroatoms.